The van der Waals surface area contributed by atoms with Gasteiger partial charge >= 0.3 is 12.1 Å². The minimum atomic E-state index is -4.50. The van der Waals surface area contributed by atoms with Crippen molar-refractivity contribution in [3.05, 3.63) is 53.7 Å². The lowest BCUT2D eigenvalue weighted by atomic mass is 10.0. The molecule has 9 nitrogen and oxygen atoms in total. The van der Waals surface area contributed by atoms with Crippen LogP contribution in [0.25, 0.3) is 10.9 Å². The molecule has 44 heavy (non-hydrogen) atoms. The average Bonchev–Trinajstić information content (AvgIpc) is 3.32. The third-order valence-corrected chi connectivity index (χ3v) is 7.28. The number of aliphatic hydroxyl groups is 1. The van der Waals surface area contributed by atoms with E-state index in [-0.39, 0.29) is 25.4 Å². The van der Waals surface area contributed by atoms with Gasteiger partial charge in [-0.05, 0) is 48.7 Å². The number of carbonyl (C=O) groups excluding carboxylic acids is 1. The van der Waals surface area contributed by atoms with Crippen LogP contribution in [0.1, 0.15) is 22.5 Å². The fourth-order valence-corrected chi connectivity index (χ4v) is 5.26. The van der Waals surface area contributed by atoms with Crippen molar-refractivity contribution in [3.63, 3.8) is 0 Å². The van der Waals surface area contributed by atoms with Gasteiger partial charge in [0.05, 0.1) is 62.0 Å². The van der Waals surface area contributed by atoms with Crippen LogP contribution in [-0.2, 0) is 16.0 Å². The maximum atomic E-state index is 15.2. The van der Waals surface area contributed by atoms with Crippen molar-refractivity contribution in [2.24, 2.45) is 0 Å². The normalized spacial score (nSPS) is 17.9. The van der Waals surface area contributed by atoms with Gasteiger partial charge in [-0.3, -0.25) is 4.90 Å². The Morgan fingerprint density at radius 3 is 2.64 bits per heavy atom. The number of piperidine rings is 1. The Labute approximate surface area is 253 Å². The molecule has 2 heterocycles. The largest absolute Gasteiger partial charge is 0.495 e. The smallest absolute Gasteiger partial charge is 0.406 e. The molecule has 0 spiro atoms. The molecule has 13 heteroatoms. The molecule has 3 aromatic rings. The van der Waals surface area contributed by atoms with Crippen LogP contribution in [-0.4, -0.2) is 99.2 Å². The molecule has 0 saturated carbocycles. The first-order valence-corrected chi connectivity index (χ1v) is 14.0. The number of halogens is 4. The number of anilines is 2. The van der Waals surface area contributed by atoms with Gasteiger partial charge in [0.1, 0.15) is 18.5 Å². The summed E-state index contributed by atoms with van der Waals surface area (Å²) < 4.78 is 72.1. The van der Waals surface area contributed by atoms with Gasteiger partial charge < -0.3 is 34.5 Å². The SMILES string of the molecule is COC[C@H](O)CN1CC[C@H](Nc2cccc3c2cc(C#CCNc2ccc(C(=O)OC)cc2OC)n3CC(F)(F)F)[C@@H](F)C1. The van der Waals surface area contributed by atoms with E-state index >= 15 is 4.39 Å². The number of likely N-dealkylation sites (tertiary alicyclic amines) is 1. The fourth-order valence-electron chi connectivity index (χ4n) is 5.26. The van der Waals surface area contributed by atoms with Crippen molar-refractivity contribution in [2.75, 3.05) is 64.7 Å². The standard InChI is InChI=1S/C31H36F4N4O5/c1-42-18-22(40)16-38-13-11-26(24(32)17-38)37-25-7-4-8-28-23(25)15-21(39(28)19-31(33,34)35)6-5-12-36-27-10-9-20(30(41)44-3)14-29(27)43-2/h4,7-10,14-15,22,24,26,36-37,40H,11-13,16-19H2,1-3H3/t22-,24+,26+/m1/s1. The van der Waals surface area contributed by atoms with E-state index in [1.54, 1.807) is 36.4 Å². The molecule has 0 amide bonds. The number of methoxy groups -OCH3 is 3. The van der Waals surface area contributed by atoms with Gasteiger partial charge in [0.25, 0.3) is 0 Å². The average molecular weight is 621 g/mol. The third kappa shape index (κ3) is 8.34. The van der Waals surface area contributed by atoms with Gasteiger partial charge in [-0.1, -0.05) is 12.0 Å². The third-order valence-electron chi connectivity index (χ3n) is 7.28. The molecule has 238 valence electrons. The van der Waals surface area contributed by atoms with Crippen LogP contribution in [0.4, 0.5) is 28.9 Å². The lowest BCUT2D eigenvalue weighted by Gasteiger charge is -2.36. The van der Waals surface area contributed by atoms with Crippen LogP contribution in [0.3, 0.4) is 0 Å². The van der Waals surface area contributed by atoms with Gasteiger partial charge in [-0.2, -0.15) is 13.2 Å². The number of nitrogens with zero attached hydrogens (tertiary/aromatic N) is 2. The van der Waals surface area contributed by atoms with Crippen LogP contribution >= 0.6 is 0 Å². The molecule has 0 unspecified atom stereocenters. The van der Waals surface area contributed by atoms with Crippen LogP contribution in [0.2, 0.25) is 0 Å². The number of alkyl halides is 4. The molecule has 1 aliphatic heterocycles. The number of aliphatic hydroxyl groups excluding tert-OH is 1. The zero-order valence-corrected chi connectivity index (χ0v) is 24.7. The second kappa shape index (κ2) is 14.7. The first kappa shape index (κ1) is 32.9. The molecule has 1 saturated heterocycles. The number of aromatic nitrogens is 1. The number of rotatable bonds is 11. The Balaban J connectivity index is 1.53. The Hall–Kier alpha value is -3.99. The highest BCUT2D eigenvalue weighted by Gasteiger charge is 2.32. The Kier molecular flexibility index (Phi) is 11.0. The zero-order valence-electron chi connectivity index (χ0n) is 24.7. The Bertz CT molecular complexity index is 1500. The summed E-state index contributed by atoms with van der Waals surface area (Å²) in [7, 11) is 4.20. The summed E-state index contributed by atoms with van der Waals surface area (Å²) in [5.74, 6) is 5.55. The number of nitrogens with one attached hydrogen (secondary N) is 2. The molecule has 2 aromatic carbocycles. The number of ether oxygens (including phenoxy) is 3. The van der Waals surface area contributed by atoms with Crippen LogP contribution < -0.4 is 15.4 Å². The molecule has 3 atom stereocenters. The first-order valence-electron chi connectivity index (χ1n) is 14.0. The van der Waals surface area contributed by atoms with E-state index in [1.165, 1.54) is 27.4 Å². The van der Waals surface area contributed by atoms with Gasteiger partial charge in [-0.25, -0.2) is 9.18 Å². The molecule has 0 bridgehead atoms. The highest BCUT2D eigenvalue weighted by molar-refractivity contribution is 5.94. The highest BCUT2D eigenvalue weighted by atomic mass is 19.4. The number of hydrogen-bond acceptors (Lipinski definition) is 8. The number of hydrogen-bond donors (Lipinski definition) is 3. The van der Waals surface area contributed by atoms with Crippen molar-refractivity contribution < 1.29 is 41.7 Å². The van der Waals surface area contributed by atoms with Gasteiger partial charge in [0, 0.05) is 37.8 Å². The quantitative estimate of drug-likeness (QED) is 0.166. The van der Waals surface area contributed by atoms with E-state index in [0.29, 0.717) is 53.1 Å². The molecule has 3 N–H and O–H groups in total. The summed E-state index contributed by atoms with van der Waals surface area (Å²) in [5, 5.41) is 16.7. The van der Waals surface area contributed by atoms with Crippen molar-refractivity contribution in [3.8, 4) is 17.6 Å². The summed E-state index contributed by atoms with van der Waals surface area (Å²) >= 11 is 0. The minimum Gasteiger partial charge on any atom is -0.495 e. The van der Waals surface area contributed by atoms with Crippen molar-refractivity contribution in [1.82, 2.24) is 9.47 Å². The van der Waals surface area contributed by atoms with E-state index in [4.69, 9.17) is 14.2 Å². The minimum absolute atomic E-state index is 0.0771. The molecule has 1 aromatic heterocycles. The number of carbonyl (C=O) groups is 1. The lowest BCUT2D eigenvalue weighted by Crippen LogP contribution is -2.50. The molecular formula is C31H36F4N4O5. The lowest BCUT2D eigenvalue weighted by molar-refractivity contribution is -0.140. The van der Waals surface area contributed by atoms with Crippen LogP contribution in [0.5, 0.6) is 5.75 Å². The molecule has 4 rings (SSSR count). The predicted molar refractivity (Wildman–Crippen MR) is 159 cm³/mol. The molecule has 1 aliphatic rings. The molecule has 0 radical (unpaired) electrons. The number of fused-ring (bicyclic) bond motifs is 1. The molecule has 0 aliphatic carbocycles. The van der Waals surface area contributed by atoms with E-state index in [2.05, 4.69) is 22.5 Å². The molecular weight excluding hydrogens is 584 g/mol. The van der Waals surface area contributed by atoms with Crippen LogP contribution in [0.15, 0.2) is 42.5 Å². The van der Waals surface area contributed by atoms with E-state index in [1.807, 2.05) is 4.90 Å². The van der Waals surface area contributed by atoms with E-state index < -0.39 is 37.0 Å². The Morgan fingerprint density at radius 2 is 1.95 bits per heavy atom. The Morgan fingerprint density at radius 1 is 1.16 bits per heavy atom. The van der Waals surface area contributed by atoms with Gasteiger partial charge in [0.2, 0.25) is 0 Å². The predicted octanol–water partition coefficient (Wildman–Crippen LogP) is 4.29. The van der Waals surface area contributed by atoms with Crippen molar-refractivity contribution in [2.45, 2.75) is 37.5 Å². The molecule has 1 fully saturated rings. The summed E-state index contributed by atoms with van der Waals surface area (Å²) in [6.07, 6.45) is -6.02. The van der Waals surface area contributed by atoms with Gasteiger partial charge in [0.15, 0.2) is 0 Å². The van der Waals surface area contributed by atoms with Crippen molar-refractivity contribution in [1.29, 1.82) is 0 Å². The van der Waals surface area contributed by atoms with Crippen LogP contribution in [0, 0.1) is 11.8 Å². The second-order valence-corrected chi connectivity index (χ2v) is 10.5. The topological polar surface area (TPSA) is 97.2 Å². The maximum absolute atomic E-state index is 15.2. The number of β-amino-alcohol motifs (C(OH)–C–C–N with tert-alkyl or cyclic N) is 1. The highest BCUT2D eigenvalue weighted by Crippen LogP contribution is 2.32. The summed E-state index contributed by atoms with van der Waals surface area (Å²) in [4.78, 5) is 13.6. The summed E-state index contributed by atoms with van der Waals surface area (Å²) in [6.45, 7) is -0.0554. The number of benzene rings is 2. The van der Waals surface area contributed by atoms with Gasteiger partial charge in [-0.15, -0.1) is 0 Å². The monoisotopic (exact) mass is 620 g/mol. The zero-order chi connectivity index (χ0) is 31.9. The number of esters is 1. The van der Waals surface area contributed by atoms with E-state index in [9.17, 15) is 23.1 Å². The van der Waals surface area contributed by atoms with Crippen molar-refractivity contribution >= 4 is 28.2 Å². The second-order valence-electron chi connectivity index (χ2n) is 10.5. The fraction of sp³-hybridized carbons (Fsp3) is 0.452. The first-order chi connectivity index (χ1) is 21.0. The maximum Gasteiger partial charge on any atom is 0.406 e. The summed E-state index contributed by atoms with van der Waals surface area (Å²) in [5.41, 5.74) is 1.82. The summed E-state index contributed by atoms with van der Waals surface area (Å²) in [6, 6.07) is 10.6. The van der Waals surface area contributed by atoms with E-state index in [0.717, 1.165) is 4.57 Å².